The van der Waals surface area contributed by atoms with Crippen molar-refractivity contribution in [1.29, 1.82) is 0 Å². The first kappa shape index (κ1) is 18.3. The molecule has 0 aliphatic heterocycles. The van der Waals surface area contributed by atoms with Crippen molar-refractivity contribution >= 4 is 40.8 Å². The van der Waals surface area contributed by atoms with Crippen LogP contribution in [-0.4, -0.2) is 18.2 Å². The minimum atomic E-state index is -2.17. The molecular formula is C11H25O2PS3. The Morgan fingerprint density at radius 3 is 1.88 bits per heavy atom. The molecule has 0 aromatic carbocycles. The Hall–Kier alpha value is 1.27. The van der Waals surface area contributed by atoms with Gasteiger partial charge in [0.2, 0.25) is 6.49 Å². The maximum absolute atomic E-state index is 5.89. The SMILES string of the molecule is CCCCOP(=S)(OCCCC)C(CC)SS. The van der Waals surface area contributed by atoms with Crippen LogP contribution in [0.15, 0.2) is 0 Å². The van der Waals surface area contributed by atoms with E-state index in [1.807, 2.05) is 0 Å². The highest BCUT2D eigenvalue weighted by Crippen LogP contribution is 2.59. The first-order valence-electron chi connectivity index (χ1n) is 6.33. The average molecular weight is 316 g/mol. The largest absolute Gasteiger partial charge is 0.329 e. The van der Waals surface area contributed by atoms with E-state index in [1.54, 1.807) is 0 Å². The third-order valence-electron chi connectivity index (χ3n) is 2.36. The highest BCUT2D eigenvalue weighted by atomic mass is 33.1. The zero-order valence-corrected chi connectivity index (χ0v) is 14.5. The molecule has 0 aromatic heterocycles. The van der Waals surface area contributed by atoms with Gasteiger partial charge in [-0.25, -0.2) is 0 Å². The zero-order valence-electron chi connectivity index (χ0n) is 11.1. The van der Waals surface area contributed by atoms with Gasteiger partial charge in [-0.3, -0.25) is 0 Å². The molecule has 0 amide bonds. The van der Waals surface area contributed by atoms with E-state index in [2.05, 4.69) is 32.4 Å². The second kappa shape index (κ2) is 11.1. The van der Waals surface area contributed by atoms with Crippen LogP contribution >= 0.6 is 28.9 Å². The van der Waals surface area contributed by atoms with Crippen molar-refractivity contribution in [2.75, 3.05) is 13.2 Å². The van der Waals surface area contributed by atoms with Gasteiger partial charge in [0.25, 0.3) is 0 Å². The van der Waals surface area contributed by atoms with Crippen molar-refractivity contribution < 1.29 is 9.05 Å². The summed E-state index contributed by atoms with van der Waals surface area (Å²) in [6.45, 7) is 5.67. The van der Waals surface area contributed by atoms with E-state index < -0.39 is 6.49 Å². The fourth-order valence-corrected chi connectivity index (χ4v) is 7.25. The zero-order chi connectivity index (χ0) is 13.1. The molecule has 2 nitrogen and oxygen atoms in total. The number of hydrogen-bond donors (Lipinski definition) is 1. The van der Waals surface area contributed by atoms with Crippen LogP contribution in [0.2, 0.25) is 0 Å². The first-order chi connectivity index (χ1) is 8.14. The van der Waals surface area contributed by atoms with Crippen LogP contribution in [0.1, 0.15) is 52.9 Å². The van der Waals surface area contributed by atoms with Crippen molar-refractivity contribution in [1.82, 2.24) is 0 Å². The van der Waals surface area contributed by atoms with Gasteiger partial charge in [0.1, 0.15) is 0 Å². The van der Waals surface area contributed by atoms with E-state index in [-0.39, 0.29) is 4.99 Å². The lowest BCUT2D eigenvalue weighted by molar-refractivity contribution is 0.239. The number of unbranched alkanes of at least 4 members (excludes halogenated alkanes) is 2. The highest BCUT2D eigenvalue weighted by Gasteiger charge is 2.29. The van der Waals surface area contributed by atoms with Crippen molar-refractivity contribution in [3.8, 4) is 0 Å². The standard InChI is InChI=1S/C11H25O2PS3/c1-4-7-9-12-14(15,11(6-3)17-16)13-10-8-5-2/h11,16H,4-10H2,1-3H3. The molecule has 0 aliphatic rings. The van der Waals surface area contributed by atoms with Gasteiger partial charge in [-0.1, -0.05) is 44.4 Å². The fourth-order valence-electron chi connectivity index (χ4n) is 1.23. The molecule has 6 heteroatoms. The van der Waals surface area contributed by atoms with Gasteiger partial charge in [0.15, 0.2) is 0 Å². The summed E-state index contributed by atoms with van der Waals surface area (Å²) in [5.41, 5.74) is 0. The van der Waals surface area contributed by atoms with Gasteiger partial charge in [0, 0.05) is 0 Å². The molecule has 0 aliphatic carbocycles. The monoisotopic (exact) mass is 316 g/mol. The molecule has 0 fully saturated rings. The van der Waals surface area contributed by atoms with Crippen LogP contribution in [0.25, 0.3) is 0 Å². The molecule has 0 aromatic rings. The Morgan fingerprint density at radius 1 is 1.12 bits per heavy atom. The van der Waals surface area contributed by atoms with Crippen molar-refractivity contribution in [3.05, 3.63) is 0 Å². The Kier molecular flexibility index (Phi) is 12.0. The minimum Gasteiger partial charge on any atom is -0.329 e. The summed E-state index contributed by atoms with van der Waals surface area (Å²) in [5, 5.41) is 0. The van der Waals surface area contributed by atoms with Gasteiger partial charge in [-0.05, 0) is 31.1 Å². The molecule has 0 saturated carbocycles. The normalized spacial score (nSPS) is 13.9. The Labute approximate surface area is 121 Å². The van der Waals surface area contributed by atoms with Crippen LogP contribution in [0.4, 0.5) is 0 Å². The fraction of sp³-hybridized carbons (Fsp3) is 1.00. The summed E-state index contributed by atoms with van der Waals surface area (Å²) in [6.07, 6.45) is 5.28. The maximum atomic E-state index is 5.89. The molecule has 0 rings (SSSR count). The molecule has 0 bridgehead atoms. The van der Waals surface area contributed by atoms with Crippen LogP contribution in [0.5, 0.6) is 0 Å². The van der Waals surface area contributed by atoms with Gasteiger partial charge < -0.3 is 9.05 Å². The summed E-state index contributed by atoms with van der Waals surface area (Å²) < 4.78 is 11.8. The molecule has 0 heterocycles. The first-order valence-corrected chi connectivity index (χ1v) is 11.0. The molecular weight excluding hydrogens is 291 g/mol. The summed E-state index contributed by atoms with van der Waals surface area (Å²) >= 11 is 9.94. The Bertz CT molecular complexity index is 209. The highest BCUT2D eigenvalue weighted by molar-refractivity contribution is 8.70. The van der Waals surface area contributed by atoms with Gasteiger partial charge in [-0.15, -0.1) is 11.7 Å². The third kappa shape index (κ3) is 7.44. The molecule has 17 heavy (non-hydrogen) atoms. The van der Waals surface area contributed by atoms with Crippen LogP contribution in [0.3, 0.4) is 0 Å². The summed E-state index contributed by atoms with van der Waals surface area (Å²) in [6, 6.07) is 0. The number of hydrogen-bond acceptors (Lipinski definition) is 5. The van der Waals surface area contributed by atoms with Crippen molar-refractivity contribution in [3.63, 3.8) is 0 Å². The van der Waals surface area contributed by atoms with Crippen molar-refractivity contribution in [2.24, 2.45) is 0 Å². The van der Waals surface area contributed by atoms with Gasteiger partial charge in [-0.2, -0.15) is 0 Å². The van der Waals surface area contributed by atoms with Crippen LogP contribution in [0, 0.1) is 0 Å². The molecule has 1 unspecified atom stereocenters. The predicted molar refractivity (Wildman–Crippen MR) is 86.7 cm³/mol. The van der Waals surface area contributed by atoms with E-state index in [9.17, 15) is 0 Å². The lowest BCUT2D eigenvalue weighted by atomic mass is 10.4. The summed E-state index contributed by atoms with van der Waals surface area (Å²) in [4.78, 5) is 0.203. The summed E-state index contributed by atoms with van der Waals surface area (Å²) in [5.74, 6) is 0. The van der Waals surface area contributed by atoms with Gasteiger partial charge in [0.05, 0.1) is 18.2 Å². The van der Waals surface area contributed by atoms with E-state index in [1.165, 1.54) is 10.8 Å². The van der Waals surface area contributed by atoms with Gasteiger partial charge >= 0.3 is 0 Å². The topological polar surface area (TPSA) is 18.5 Å². The summed E-state index contributed by atoms with van der Waals surface area (Å²) in [7, 11) is 1.48. The van der Waals surface area contributed by atoms with Crippen LogP contribution < -0.4 is 0 Å². The smallest absolute Gasteiger partial charge is 0.202 e. The second-order valence-corrected chi connectivity index (χ2v) is 9.39. The number of thiol groups is 1. The van der Waals surface area contributed by atoms with E-state index in [0.717, 1.165) is 32.1 Å². The molecule has 1 atom stereocenters. The minimum absolute atomic E-state index is 0.203. The lowest BCUT2D eigenvalue weighted by Gasteiger charge is -2.28. The molecule has 0 N–H and O–H groups in total. The average Bonchev–Trinajstić information content (AvgIpc) is 2.31. The lowest BCUT2D eigenvalue weighted by Crippen LogP contribution is -2.09. The van der Waals surface area contributed by atoms with Crippen LogP contribution in [-0.2, 0) is 20.9 Å². The Balaban J connectivity index is 4.38. The molecule has 0 radical (unpaired) electrons. The predicted octanol–water partition coefficient (Wildman–Crippen LogP) is 5.24. The molecule has 0 spiro atoms. The third-order valence-corrected chi connectivity index (χ3v) is 9.30. The van der Waals surface area contributed by atoms with E-state index in [0.29, 0.717) is 13.2 Å². The number of rotatable bonds is 11. The quantitative estimate of drug-likeness (QED) is 0.243. The Morgan fingerprint density at radius 2 is 1.59 bits per heavy atom. The van der Waals surface area contributed by atoms with E-state index >= 15 is 0 Å². The molecule has 104 valence electrons. The maximum Gasteiger partial charge on any atom is 0.202 e. The van der Waals surface area contributed by atoms with Crippen molar-refractivity contribution in [2.45, 2.75) is 57.9 Å². The molecule has 0 saturated heterocycles. The van der Waals surface area contributed by atoms with E-state index in [4.69, 9.17) is 20.9 Å². The second-order valence-electron chi connectivity index (χ2n) is 3.88.